The smallest absolute Gasteiger partial charge is 0.270 e. The van der Waals surface area contributed by atoms with Gasteiger partial charge in [-0.1, -0.05) is 19.3 Å². The molecule has 3 amide bonds. The van der Waals surface area contributed by atoms with Gasteiger partial charge in [0.2, 0.25) is 11.8 Å². The summed E-state index contributed by atoms with van der Waals surface area (Å²) in [6, 6.07) is 6.65. The van der Waals surface area contributed by atoms with Gasteiger partial charge >= 0.3 is 0 Å². The average Bonchev–Trinajstić information content (AvgIpc) is 3.26. The monoisotopic (exact) mass is 511 g/mol. The summed E-state index contributed by atoms with van der Waals surface area (Å²) >= 11 is 0. The first-order valence-electron chi connectivity index (χ1n) is 13.5. The molecule has 0 bridgehead atoms. The molecule has 3 atom stereocenters. The molecule has 2 N–H and O–H groups in total. The zero-order valence-electron chi connectivity index (χ0n) is 22.8. The molecule has 1 unspecified atom stereocenters. The van der Waals surface area contributed by atoms with Gasteiger partial charge in [0.25, 0.3) is 5.91 Å². The van der Waals surface area contributed by atoms with Gasteiger partial charge in [-0.05, 0) is 57.9 Å². The highest BCUT2D eigenvalue weighted by atomic mass is 16.5. The van der Waals surface area contributed by atoms with Crippen molar-refractivity contribution in [1.29, 1.82) is 0 Å². The van der Waals surface area contributed by atoms with Crippen molar-refractivity contribution in [2.24, 2.45) is 13.0 Å². The van der Waals surface area contributed by atoms with E-state index in [0.29, 0.717) is 25.3 Å². The number of methoxy groups -OCH3 is 1. The number of nitrogens with zero attached hydrogens (tertiary/aromatic N) is 3. The third-order valence-corrected chi connectivity index (χ3v) is 8.18. The maximum absolute atomic E-state index is 13.8. The van der Waals surface area contributed by atoms with Crippen LogP contribution in [0.15, 0.2) is 24.3 Å². The lowest BCUT2D eigenvalue weighted by Crippen LogP contribution is -2.62. The molecule has 9 heteroatoms. The molecule has 1 aliphatic heterocycles. The second kappa shape index (κ2) is 11.5. The number of carbonyl (C=O) groups is 3. The first kappa shape index (κ1) is 27.0. The van der Waals surface area contributed by atoms with Crippen LogP contribution in [-0.4, -0.2) is 84.0 Å². The summed E-state index contributed by atoms with van der Waals surface area (Å²) in [4.78, 5) is 43.7. The number of carbonyl (C=O) groups excluding carboxylic acids is 3. The predicted molar refractivity (Wildman–Crippen MR) is 144 cm³/mol. The summed E-state index contributed by atoms with van der Waals surface area (Å²) < 4.78 is 7.24. The Morgan fingerprint density at radius 1 is 1.08 bits per heavy atom. The van der Waals surface area contributed by atoms with Gasteiger partial charge in [-0.15, -0.1) is 0 Å². The fourth-order valence-corrected chi connectivity index (χ4v) is 5.71. The molecule has 37 heavy (non-hydrogen) atoms. The van der Waals surface area contributed by atoms with Gasteiger partial charge in [0.15, 0.2) is 0 Å². The van der Waals surface area contributed by atoms with Crippen molar-refractivity contribution in [3.8, 4) is 5.75 Å². The van der Waals surface area contributed by atoms with E-state index in [9.17, 15) is 14.4 Å². The second-order valence-corrected chi connectivity index (χ2v) is 10.5. The summed E-state index contributed by atoms with van der Waals surface area (Å²) in [5, 5.41) is 7.01. The molecule has 2 aliphatic rings. The quantitative estimate of drug-likeness (QED) is 0.596. The maximum atomic E-state index is 13.8. The average molecular weight is 512 g/mol. The van der Waals surface area contributed by atoms with Crippen molar-refractivity contribution in [2.75, 3.05) is 33.8 Å². The lowest BCUT2D eigenvalue weighted by atomic mass is 9.83. The van der Waals surface area contributed by atoms with Crippen LogP contribution in [0.2, 0.25) is 0 Å². The Hall–Kier alpha value is -3.07. The zero-order valence-corrected chi connectivity index (χ0v) is 22.8. The Balaban J connectivity index is 1.48. The number of amides is 3. The van der Waals surface area contributed by atoms with E-state index >= 15 is 0 Å². The minimum Gasteiger partial charge on any atom is -0.497 e. The van der Waals surface area contributed by atoms with Crippen molar-refractivity contribution >= 4 is 28.6 Å². The van der Waals surface area contributed by atoms with E-state index in [-0.39, 0.29) is 35.7 Å². The number of aromatic nitrogens is 1. The Bertz CT molecular complexity index is 1140. The summed E-state index contributed by atoms with van der Waals surface area (Å²) in [6.07, 6.45) is 5.24. The number of benzene rings is 1. The van der Waals surface area contributed by atoms with E-state index in [0.717, 1.165) is 42.3 Å². The Labute approximate surface area is 219 Å². The Kier molecular flexibility index (Phi) is 8.42. The molecule has 0 radical (unpaired) electrons. The van der Waals surface area contributed by atoms with E-state index in [4.69, 9.17) is 4.74 Å². The summed E-state index contributed by atoms with van der Waals surface area (Å²) in [6.45, 7) is 5.14. The highest BCUT2D eigenvalue weighted by Crippen LogP contribution is 2.29. The molecule has 2 aromatic rings. The number of likely N-dealkylation sites (N-methyl/N-ethyl adjacent to an activating group) is 1. The number of fused-ring (bicyclic) bond motifs is 1. The zero-order chi connectivity index (χ0) is 26.7. The molecule has 9 nitrogen and oxygen atoms in total. The standard InChI is InChI=1S/C28H41N5O4/c1-18-17-32(27(35)24-15-21-11-12-22(37-5)16-23(21)31(24)4)13-14-33(18)28(36)25(20-9-7-6-8-10-20)30-26(34)19(2)29-3/h11-12,15-16,18-20,25,29H,6-10,13-14,17H2,1-5H3,(H,30,34)/t18-,19-,25?/m0/s1. The number of aryl methyl sites for hydroxylation is 1. The highest BCUT2D eigenvalue weighted by Gasteiger charge is 2.38. The van der Waals surface area contributed by atoms with Crippen LogP contribution < -0.4 is 15.4 Å². The van der Waals surface area contributed by atoms with Crippen LogP contribution in [0.1, 0.15) is 56.4 Å². The predicted octanol–water partition coefficient (Wildman–Crippen LogP) is 2.53. The van der Waals surface area contributed by atoms with Gasteiger partial charge < -0.3 is 29.7 Å². The van der Waals surface area contributed by atoms with Crippen LogP contribution >= 0.6 is 0 Å². The molecule has 1 aromatic carbocycles. The van der Waals surface area contributed by atoms with Crippen LogP contribution in [0.3, 0.4) is 0 Å². The summed E-state index contributed by atoms with van der Waals surface area (Å²) in [5.41, 5.74) is 1.55. The largest absolute Gasteiger partial charge is 0.497 e. The first-order valence-corrected chi connectivity index (χ1v) is 13.5. The molecule has 2 heterocycles. The van der Waals surface area contributed by atoms with Crippen LogP contribution in [0, 0.1) is 5.92 Å². The number of piperazine rings is 1. The van der Waals surface area contributed by atoms with E-state index in [2.05, 4.69) is 10.6 Å². The fourth-order valence-electron chi connectivity index (χ4n) is 5.71. The molecule has 202 valence electrons. The molecule has 1 aromatic heterocycles. The minimum atomic E-state index is -0.526. The van der Waals surface area contributed by atoms with Crippen molar-refractivity contribution in [1.82, 2.24) is 25.0 Å². The number of rotatable bonds is 7. The Morgan fingerprint density at radius 2 is 1.81 bits per heavy atom. The van der Waals surface area contributed by atoms with Gasteiger partial charge in [-0.3, -0.25) is 14.4 Å². The van der Waals surface area contributed by atoms with E-state index in [1.165, 1.54) is 6.42 Å². The Morgan fingerprint density at radius 3 is 2.46 bits per heavy atom. The van der Waals surface area contributed by atoms with Crippen LogP contribution in [0.5, 0.6) is 5.75 Å². The van der Waals surface area contributed by atoms with E-state index in [1.807, 2.05) is 52.6 Å². The summed E-state index contributed by atoms with van der Waals surface area (Å²) in [5.74, 6) is 0.669. The SMILES string of the molecule is CN[C@@H](C)C(=O)NC(C(=O)N1CCN(C(=O)c2cc3ccc(OC)cc3n2C)C[C@@H]1C)C1CCCCC1. The molecule has 1 saturated heterocycles. The number of hydrogen-bond donors (Lipinski definition) is 2. The van der Waals surface area contributed by atoms with Crippen molar-refractivity contribution in [3.05, 3.63) is 30.0 Å². The molecule has 1 aliphatic carbocycles. The molecule has 0 spiro atoms. The van der Waals surface area contributed by atoms with Gasteiger partial charge in [0.05, 0.1) is 18.7 Å². The molecule has 4 rings (SSSR count). The third kappa shape index (κ3) is 5.61. The minimum absolute atomic E-state index is 0.0279. The highest BCUT2D eigenvalue weighted by molar-refractivity contribution is 5.99. The second-order valence-electron chi connectivity index (χ2n) is 10.5. The van der Waals surface area contributed by atoms with Crippen molar-refractivity contribution in [3.63, 3.8) is 0 Å². The lowest BCUT2D eigenvalue weighted by Gasteiger charge is -2.43. The van der Waals surface area contributed by atoms with Crippen molar-refractivity contribution in [2.45, 2.75) is 64.1 Å². The van der Waals surface area contributed by atoms with Gasteiger partial charge in [0.1, 0.15) is 17.5 Å². The lowest BCUT2D eigenvalue weighted by molar-refractivity contribution is -0.142. The topological polar surface area (TPSA) is 95.9 Å². The molecular formula is C28H41N5O4. The third-order valence-electron chi connectivity index (χ3n) is 8.18. The van der Waals surface area contributed by atoms with Crippen LogP contribution in [-0.2, 0) is 16.6 Å². The summed E-state index contributed by atoms with van der Waals surface area (Å²) in [7, 11) is 5.26. The van der Waals surface area contributed by atoms with E-state index < -0.39 is 6.04 Å². The van der Waals surface area contributed by atoms with Crippen molar-refractivity contribution < 1.29 is 19.1 Å². The number of ether oxygens (including phenoxy) is 1. The normalized spacial score (nSPS) is 20.5. The van der Waals surface area contributed by atoms with Gasteiger partial charge in [0, 0.05) is 44.2 Å². The number of nitrogens with one attached hydrogen (secondary N) is 2. The van der Waals surface area contributed by atoms with Gasteiger partial charge in [-0.25, -0.2) is 0 Å². The van der Waals surface area contributed by atoms with Gasteiger partial charge in [-0.2, -0.15) is 0 Å². The maximum Gasteiger partial charge on any atom is 0.270 e. The molecular weight excluding hydrogens is 470 g/mol. The van der Waals surface area contributed by atoms with Crippen LogP contribution in [0.4, 0.5) is 0 Å². The number of hydrogen-bond acceptors (Lipinski definition) is 5. The van der Waals surface area contributed by atoms with Crippen LogP contribution in [0.25, 0.3) is 10.9 Å². The molecule has 1 saturated carbocycles. The first-order chi connectivity index (χ1) is 17.7. The molecule has 2 fully saturated rings. The van der Waals surface area contributed by atoms with E-state index in [1.54, 1.807) is 21.1 Å². The fraction of sp³-hybridized carbons (Fsp3) is 0.607.